The summed E-state index contributed by atoms with van der Waals surface area (Å²) in [5.74, 6) is 2.22. The highest BCUT2D eigenvalue weighted by molar-refractivity contribution is 8.06. The van der Waals surface area contributed by atoms with Crippen LogP contribution in [0.5, 0.6) is 0 Å². The Morgan fingerprint density at radius 2 is 2.06 bits per heavy atom. The van der Waals surface area contributed by atoms with Crippen molar-refractivity contribution in [2.24, 2.45) is 0 Å². The first-order valence-corrected chi connectivity index (χ1v) is 8.22. The van der Waals surface area contributed by atoms with E-state index in [-0.39, 0.29) is 5.91 Å². The molecule has 0 spiro atoms. The molecule has 1 amide bonds. The van der Waals surface area contributed by atoms with Crippen molar-refractivity contribution in [3.05, 3.63) is 0 Å². The molecule has 0 radical (unpaired) electrons. The second kappa shape index (κ2) is 6.68. The Morgan fingerprint density at radius 3 is 2.67 bits per heavy atom. The average molecular weight is 291 g/mol. The normalized spacial score (nSPS) is 32.1. The van der Waals surface area contributed by atoms with Crippen LogP contribution in [-0.2, 0) is 14.3 Å². The topological polar surface area (TPSA) is 75.6 Å². The monoisotopic (exact) mass is 291 g/mol. The molecule has 2 fully saturated rings. The van der Waals surface area contributed by atoms with Gasteiger partial charge in [-0.3, -0.25) is 4.79 Å². The molecule has 0 aromatic heterocycles. The molecule has 2 heterocycles. The van der Waals surface area contributed by atoms with Crippen LogP contribution in [0.2, 0.25) is 0 Å². The van der Waals surface area contributed by atoms with E-state index in [2.05, 4.69) is 5.32 Å². The van der Waals surface area contributed by atoms with Gasteiger partial charge in [-0.2, -0.15) is 23.5 Å². The van der Waals surface area contributed by atoms with Gasteiger partial charge in [-0.15, -0.1) is 0 Å². The van der Waals surface area contributed by atoms with E-state index in [4.69, 9.17) is 9.84 Å². The van der Waals surface area contributed by atoms with E-state index in [9.17, 15) is 9.59 Å². The number of carboxylic acids is 1. The van der Waals surface area contributed by atoms with Crippen LogP contribution in [0.4, 0.5) is 0 Å². The predicted molar refractivity (Wildman–Crippen MR) is 72.1 cm³/mol. The summed E-state index contributed by atoms with van der Waals surface area (Å²) in [6.07, 6.45) is -0.496. The van der Waals surface area contributed by atoms with Crippen LogP contribution in [0.3, 0.4) is 0 Å². The minimum Gasteiger partial charge on any atom is -0.479 e. The Labute approximate surface area is 114 Å². The van der Waals surface area contributed by atoms with E-state index >= 15 is 0 Å². The van der Waals surface area contributed by atoms with Crippen LogP contribution in [0.1, 0.15) is 12.8 Å². The summed E-state index contributed by atoms with van der Waals surface area (Å²) in [4.78, 5) is 22.5. The van der Waals surface area contributed by atoms with Gasteiger partial charge in [-0.1, -0.05) is 0 Å². The highest BCUT2D eigenvalue weighted by Gasteiger charge is 2.34. The van der Waals surface area contributed by atoms with Crippen LogP contribution >= 0.6 is 23.5 Å². The second-order valence-corrected chi connectivity index (χ2v) is 6.90. The molecule has 7 heteroatoms. The number of carboxylic acid groups (broad SMARTS) is 1. The molecule has 0 aromatic rings. The average Bonchev–Trinajstić information content (AvgIpc) is 2.87. The second-order valence-electron chi connectivity index (χ2n) is 4.34. The fourth-order valence-corrected chi connectivity index (χ4v) is 4.61. The number of nitrogens with one attached hydrogen (secondary N) is 1. The Bertz CT molecular complexity index is 320. The molecule has 2 rings (SSSR count). The van der Waals surface area contributed by atoms with Gasteiger partial charge in [0.15, 0.2) is 6.10 Å². The summed E-state index contributed by atoms with van der Waals surface area (Å²) in [5.41, 5.74) is 0. The number of hydrogen-bond donors (Lipinski definition) is 2. The zero-order valence-corrected chi connectivity index (χ0v) is 11.6. The van der Waals surface area contributed by atoms with E-state index in [0.29, 0.717) is 24.6 Å². The van der Waals surface area contributed by atoms with E-state index < -0.39 is 18.2 Å². The molecular formula is C11H17NO4S2. The summed E-state index contributed by atoms with van der Waals surface area (Å²) in [6, 6.07) is 0. The molecule has 18 heavy (non-hydrogen) atoms. The smallest absolute Gasteiger partial charge is 0.332 e. The van der Waals surface area contributed by atoms with Crippen molar-refractivity contribution in [2.75, 3.05) is 23.8 Å². The summed E-state index contributed by atoms with van der Waals surface area (Å²) < 4.78 is 5.20. The fourth-order valence-electron chi connectivity index (χ4n) is 1.99. The molecule has 2 N–H and O–H groups in total. The number of hydrogen-bond acceptors (Lipinski definition) is 5. The van der Waals surface area contributed by atoms with Crippen molar-refractivity contribution in [3.63, 3.8) is 0 Å². The number of amides is 1. The molecule has 3 unspecified atom stereocenters. The first kappa shape index (κ1) is 14.0. The first-order chi connectivity index (χ1) is 8.66. The summed E-state index contributed by atoms with van der Waals surface area (Å²) in [6.45, 7) is 0.647. The maximum atomic E-state index is 11.8. The fraction of sp³-hybridized carbons (Fsp3) is 0.818. The number of rotatable bonds is 4. The van der Waals surface area contributed by atoms with Crippen LogP contribution < -0.4 is 5.32 Å². The van der Waals surface area contributed by atoms with Crippen molar-refractivity contribution in [1.82, 2.24) is 5.32 Å². The molecule has 102 valence electrons. The molecule has 3 atom stereocenters. The van der Waals surface area contributed by atoms with Gasteiger partial charge in [0.1, 0.15) is 6.10 Å². The lowest BCUT2D eigenvalue weighted by molar-refractivity contribution is -0.151. The minimum atomic E-state index is -0.982. The van der Waals surface area contributed by atoms with Crippen molar-refractivity contribution >= 4 is 35.4 Å². The summed E-state index contributed by atoms with van der Waals surface area (Å²) >= 11 is 3.79. The maximum absolute atomic E-state index is 11.8. The van der Waals surface area contributed by atoms with Crippen LogP contribution in [0.25, 0.3) is 0 Å². The molecule has 0 aliphatic carbocycles. The van der Waals surface area contributed by atoms with Crippen LogP contribution in [0.15, 0.2) is 0 Å². The lowest BCUT2D eigenvalue weighted by Crippen LogP contribution is -2.40. The molecule has 2 saturated heterocycles. The lowest BCUT2D eigenvalue weighted by Gasteiger charge is -2.22. The molecule has 5 nitrogen and oxygen atoms in total. The first-order valence-electron chi connectivity index (χ1n) is 6.02. The molecule has 2 aliphatic heterocycles. The molecular weight excluding hydrogens is 274 g/mol. The minimum absolute atomic E-state index is 0.171. The van der Waals surface area contributed by atoms with Gasteiger partial charge in [-0.05, 0) is 12.8 Å². The molecule has 2 aliphatic rings. The zero-order valence-electron chi connectivity index (χ0n) is 9.96. The highest BCUT2D eigenvalue weighted by atomic mass is 32.2. The molecule has 0 bridgehead atoms. The summed E-state index contributed by atoms with van der Waals surface area (Å²) in [7, 11) is 0. The van der Waals surface area contributed by atoms with E-state index in [1.54, 1.807) is 0 Å². The summed E-state index contributed by atoms with van der Waals surface area (Å²) in [5, 5.41) is 12.1. The van der Waals surface area contributed by atoms with Crippen LogP contribution in [0, 0.1) is 0 Å². The van der Waals surface area contributed by atoms with Gasteiger partial charge in [-0.25, -0.2) is 4.79 Å². The number of carbonyl (C=O) groups is 2. The Morgan fingerprint density at radius 1 is 1.28 bits per heavy atom. The van der Waals surface area contributed by atoms with E-state index in [0.717, 1.165) is 11.5 Å². The number of ether oxygens (including phenoxy) is 1. The largest absolute Gasteiger partial charge is 0.479 e. The number of thioether (sulfide) groups is 2. The Balaban J connectivity index is 1.70. The predicted octanol–water partition coefficient (Wildman–Crippen LogP) is 0.583. The third kappa shape index (κ3) is 3.80. The van der Waals surface area contributed by atoms with Crippen molar-refractivity contribution < 1.29 is 19.4 Å². The highest BCUT2D eigenvalue weighted by Crippen LogP contribution is 2.24. The van der Waals surface area contributed by atoms with Gasteiger partial charge in [0.25, 0.3) is 0 Å². The van der Waals surface area contributed by atoms with Gasteiger partial charge in [0.05, 0.1) is 0 Å². The van der Waals surface area contributed by atoms with Gasteiger partial charge in [0, 0.05) is 29.1 Å². The molecule has 0 aromatic carbocycles. The standard InChI is InChI=1S/C11H17NO4S2/c13-10(8-1-2-9(16-8)11(14)15)12-5-7-6-17-3-4-18-7/h7-9H,1-6H2,(H,12,13)(H,14,15). The lowest BCUT2D eigenvalue weighted by atomic mass is 10.2. The maximum Gasteiger partial charge on any atom is 0.332 e. The van der Waals surface area contributed by atoms with Gasteiger partial charge < -0.3 is 15.2 Å². The van der Waals surface area contributed by atoms with Gasteiger partial charge >= 0.3 is 5.97 Å². The number of carbonyl (C=O) groups excluding carboxylic acids is 1. The van der Waals surface area contributed by atoms with E-state index in [1.807, 2.05) is 23.5 Å². The Kier molecular flexibility index (Phi) is 5.20. The third-order valence-corrected chi connectivity index (χ3v) is 5.82. The van der Waals surface area contributed by atoms with Crippen molar-refractivity contribution in [3.8, 4) is 0 Å². The van der Waals surface area contributed by atoms with Crippen molar-refractivity contribution in [1.29, 1.82) is 0 Å². The number of aliphatic carboxylic acids is 1. The Hall–Kier alpha value is -0.400. The van der Waals surface area contributed by atoms with Crippen LogP contribution in [-0.4, -0.2) is 58.2 Å². The van der Waals surface area contributed by atoms with E-state index in [1.165, 1.54) is 5.75 Å². The van der Waals surface area contributed by atoms with Crippen molar-refractivity contribution in [2.45, 2.75) is 30.3 Å². The molecule has 0 saturated carbocycles. The quantitative estimate of drug-likeness (QED) is 0.789. The van der Waals surface area contributed by atoms with Gasteiger partial charge in [0.2, 0.25) is 5.91 Å². The SMILES string of the molecule is O=C(O)C1CCC(C(=O)NCC2CSCCS2)O1. The third-order valence-electron chi connectivity index (χ3n) is 2.98. The zero-order chi connectivity index (χ0) is 13.0.